The predicted molar refractivity (Wildman–Crippen MR) is 32.4 cm³/mol. The third-order valence-electron chi connectivity index (χ3n) is 0.514. The van der Waals surface area contributed by atoms with Gasteiger partial charge in [-0.1, -0.05) is 11.6 Å². The predicted octanol–water partition coefficient (Wildman–Crippen LogP) is 1.39. The second-order valence-corrected chi connectivity index (χ2v) is 2.20. The molecule has 7 heavy (non-hydrogen) atoms. The first-order valence-corrected chi connectivity index (χ1v) is 2.77. The topological polar surface area (TPSA) is 26.5 Å². The average molecular weight is 180 g/mol. The van der Waals surface area contributed by atoms with Gasteiger partial charge in [0.2, 0.25) is 0 Å². The van der Waals surface area contributed by atoms with Gasteiger partial charge in [0.05, 0.1) is 10.7 Å². The van der Waals surface area contributed by atoms with Gasteiger partial charge in [-0.2, -0.15) is 5.43 Å². The molecule has 1 radical (unpaired) electrons. The maximum absolute atomic E-state index is 5.40. The fourth-order valence-electron chi connectivity index (χ4n) is 0.231. The van der Waals surface area contributed by atoms with Gasteiger partial charge in [-0.15, -0.1) is 5.10 Å². The molecule has 1 heterocycles. The van der Waals surface area contributed by atoms with Crippen molar-refractivity contribution >= 4 is 32.7 Å². The lowest BCUT2D eigenvalue weighted by molar-refractivity contribution is 0.975. The Bertz CT molecular complexity index is 124. The van der Waals surface area contributed by atoms with E-state index in [4.69, 9.17) is 11.6 Å². The number of hydrogen-bond donors (Lipinski definition) is 0. The van der Waals surface area contributed by atoms with Crippen LogP contribution >= 0.6 is 27.5 Å². The first-order chi connectivity index (χ1) is 3.30. The van der Waals surface area contributed by atoms with Crippen molar-refractivity contribution in [1.82, 2.24) is 5.43 Å². The molecule has 2 nitrogen and oxygen atoms in total. The van der Waals surface area contributed by atoms with E-state index in [1.807, 2.05) is 0 Å². The second kappa shape index (κ2) is 1.84. The van der Waals surface area contributed by atoms with Crippen LogP contribution in [0.25, 0.3) is 0 Å². The molecule has 0 bridgehead atoms. The largest absolute Gasteiger partial charge is 0.167 e. The Hall–Kier alpha value is -0.0200. The van der Waals surface area contributed by atoms with Crippen LogP contribution in [0.15, 0.2) is 15.8 Å². The van der Waals surface area contributed by atoms with Gasteiger partial charge in [-0.3, -0.25) is 0 Å². The summed E-state index contributed by atoms with van der Waals surface area (Å²) in [5, 5.41) is 3.90. The Labute approximate surface area is 54.4 Å². The van der Waals surface area contributed by atoms with Crippen LogP contribution in [0.5, 0.6) is 0 Å². The Morgan fingerprint density at radius 2 is 2.43 bits per heavy atom. The number of nitrogens with zero attached hydrogens (tertiary/aromatic N) is 2. The van der Waals surface area contributed by atoms with Gasteiger partial charge in [0, 0.05) is 0 Å². The van der Waals surface area contributed by atoms with Crippen LogP contribution < -0.4 is 5.43 Å². The van der Waals surface area contributed by atoms with E-state index in [1.165, 1.54) is 0 Å². The summed E-state index contributed by atoms with van der Waals surface area (Å²) in [5.41, 5.74) is 3.49. The summed E-state index contributed by atoms with van der Waals surface area (Å²) in [4.78, 5) is 0. The average Bonchev–Trinajstić information content (AvgIpc) is 1.91. The van der Waals surface area contributed by atoms with Gasteiger partial charge >= 0.3 is 0 Å². The Morgan fingerprint density at radius 3 is 2.57 bits per heavy atom. The molecule has 0 saturated carbocycles. The van der Waals surface area contributed by atoms with Gasteiger partial charge < -0.3 is 0 Å². The van der Waals surface area contributed by atoms with Gasteiger partial charge in [0.1, 0.15) is 0 Å². The zero-order chi connectivity index (χ0) is 5.28. The molecule has 4 heteroatoms. The Balaban J connectivity index is 2.78. The summed E-state index contributed by atoms with van der Waals surface area (Å²) in [7, 11) is 0. The molecule has 0 aromatic rings. The van der Waals surface area contributed by atoms with Crippen LogP contribution in [0.1, 0.15) is 0 Å². The van der Waals surface area contributed by atoms with Crippen LogP contribution in [0.3, 0.4) is 0 Å². The molecule has 0 fully saturated rings. The smallest absolute Gasteiger partial charge is 0.156 e. The van der Waals surface area contributed by atoms with Crippen molar-refractivity contribution in [3.05, 3.63) is 10.7 Å². The Morgan fingerprint density at radius 1 is 1.71 bits per heavy atom. The molecular weight excluding hydrogens is 179 g/mol. The molecule has 0 spiro atoms. The molecule has 0 atom stereocenters. The maximum Gasteiger partial charge on any atom is 0.167 e. The van der Waals surface area contributed by atoms with E-state index >= 15 is 0 Å². The lowest BCUT2D eigenvalue weighted by Crippen LogP contribution is -1.76. The third kappa shape index (κ3) is 0.951. The van der Waals surface area contributed by atoms with Crippen molar-refractivity contribution in [2.45, 2.75) is 0 Å². The zero-order valence-corrected chi connectivity index (χ0v) is 5.57. The SMILES string of the molecule is ClC1=N[N]C=C1Br. The van der Waals surface area contributed by atoms with Crippen molar-refractivity contribution in [1.29, 1.82) is 0 Å². The summed E-state index contributed by atoms with van der Waals surface area (Å²) >= 11 is 8.51. The van der Waals surface area contributed by atoms with Gasteiger partial charge in [-0.05, 0) is 15.9 Å². The van der Waals surface area contributed by atoms with E-state index in [1.54, 1.807) is 6.20 Å². The van der Waals surface area contributed by atoms with E-state index in [0.29, 0.717) is 5.17 Å². The first-order valence-electron chi connectivity index (χ1n) is 1.60. The van der Waals surface area contributed by atoms with Crippen molar-refractivity contribution < 1.29 is 0 Å². The lowest BCUT2D eigenvalue weighted by atomic mass is 10.7. The molecule has 0 aliphatic carbocycles. The van der Waals surface area contributed by atoms with Crippen LogP contribution in [0.4, 0.5) is 0 Å². The molecule has 37 valence electrons. The highest BCUT2D eigenvalue weighted by atomic mass is 79.9. The van der Waals surface area contributed by atoms with Crippen LogP contribution in [-0.4, -0.2) is 5.17 Å². The first kappa shape index (κ1) is 5.12. The molecule has 1 aliphatic heterocycles. The summed E-state index contributed by atoms with van der Waals surface area (Å²) in [5.74, 6) is 0. The number of hydrogen-bond acceptors (Lipinski definition) is 1. The fourth-order valence-corrected chi connectivity index (χ4v) is 0.495. The maximum atomic E-state index is 5.40. The summed E-state index contributed by atoms with van der Waals surface area (Å²) in [6, 6.07) is 0. The molecule has 0 unspecified atom stereocenters. The minimum Gasteiger partial charge on any atom is -0.156 e. The van der Waals surface area contributed by atoms with Gasteiger partial charge in [0.25, 0.3) is 0 Å². The number of halogens is 2. The molecule has 0 aromatic heterocycles. The monoisotopic (exact) mass is 179 g/mol. The molecule has 1 rings (SSSR count). The minimum absolute atomic E-state index is 0.417. The molecule has 0 N–H and O–H groups in total. The van der Waals surface area contributed by atoms with Crippen molar-refractivity contribution in [2.24, 2.45) is 5.10 Å². The van der Waals surface area contributed by atoms with E-state index in [-0.39, 0.29) is 0 Å². The van der Waals surface area contributed by atoms with Crippen LogP contribution in [-0.2, 0) is 0 Å². The van der Waals surface area contributed by atoms with Crippen molar-refractivity contribution in [2.75, 3.05) is 0 Å². The van der Waals surface area contributed by atoms with Gasteiger partial charge in [0.15, 0.2) is 5.17 Å². The zero-order valence-electron chi connectivity index (χ0n) is 3.23. The summed E-state index contributed by atoms with van der Waals surface area (Å²) in [6.45, 7) is 0. The standard InChI is InChI=1S/C3HBrClN2/c4-2-1-6-7-3(2)5/h1H. The van der Waals surface area contributed by atoms with Crippen LogP contribution in [0, 0.1) is 0 Å². The van der Waals surface area contributed by atoms with E-state index in [9.17, 15) is 0 Å². The van der Waals surface area contributed by atoms with E-state index in [0.717, 1.165) is 4.48 Å². The fraction of sp³-hybridized carbons (Fsp3) is 0. The lowest BCUT2D eigenvalue weighted by Gasteiger charge is -1.76. The van der Waals surface area contributed by atoms with Gasteiger partial charge in [-0.25, -0.2) is 0 Å². The number of allylic oxidation sites excluding steroid dienone is 1. The second-order valence-electron chi connectivity index (χ2n) is 0.983. The van der Waals surface area contributed by atoms with Crippen molar-refractivity contribution in [3.8, 4) is 0 Å². The molecular formula is C3HBrClN2. The van der Waals surface area contributed by atoms with E-state index < -0.39 is 0 Å². The highest BCUT2D eigenvalue weighted by molar-refractivity contribution is 9.12. The normalized spacial score (nSPS) is 18.0. The molecule has 1 aliphatic rings. The summed E-state index contributed by atoms with van der Waals surface area (Å²) in [6.07, 6.45) is 1.54. The quantitative estimate of drug-likeness (QED) is 0.539. The van der Waals surface area contributed by atoms with E-state index in [2.05, 4.69) is 26.5 Å². The van der Waals surface area contributed by atoms with Crippen LogP contribution in [0.2, 0.25) is 0 Å². The molecule has 0 saturated heterocycles. The number of rotatable bonds is 0. The minimum atomic E-state index is 0.417. The Kier molecular flexibility index (Phi) is 1.35. The highest BCUT2D eigenvalue weighted by Gasteiger charge is 2.04. The van der Waals surface area contributed by atoms with Crippen molar-refractivity contribution in [3.63, 3.8) is 0 Å². The third-order valence-corrected chi connectivity index (χ3v) is 1.60. The highest BCUT2D eigenvalue weighted by Crippen LogP contribution is 2.13. The molecule has 0 amide bonds. The summed E-state index contributed by atoms with van der Waals surface area (Å²) < 4.78 is 0.745. The molecule has 0 aromatic carbocycles.